The zero-order chi connectivity index (χ0) is 13.1. The van der Waals surface area contributed by atoms with Crippen molar-refractivity contribution in [3.8, 4) is 5.75 Å². The normalized spacial score (nSPS) is 15.4. The van der Waals surface area contributed by atoms with E-state index >= 15 is 0 Å². The van der Waals surface area contributed by atoms with Crippen molar-refractivity contribution >= 4 is 0 Å². The molecule has 17 heavy (non-hydrogen) atoms. The van der Waals surface area contributed by atoms with Crippen LogP contribution in [0, 0.1) is 0 Å². The topological polar surface area (TPSA) is 35.2 Å². The standard InChI is InChI=1S/C11H13F4NO/c1-17-9-5-3-2-4-8(9)6-10(12,7-16)11(13,14)15/h2-5H,6-7,16H2,1H3. The second kappa shape index (κ2) is 4.91. The Balaban J connectivity index is 3.03. The molecule has 1 unspecified atom stereocenters. The minimum absolute atomic E-state index is 0.139. The second-order valence-corrected chi connectivity index (χ2v) is 3.66. The molecule has 0 aliphatic rings. The number of hydrogen-bond donors (Lipinski definition) is 1. The van der Waals surface area contributed by atoms with Gasteiger partial charge in [-0.15, -0.1) is 0 Å². The average molecular weight is 251 g/mol. The first kappa shape index (κ1) is 13.8. The number of methoxy groups -OCH3 is 1. The Morgan fingerprint density at radius 1 is 1.18 bits per heavy atom. The van der Waals surface area contributed by atoms with Crippen LogP contribution in [0.4, 0.5) is 17.6 Å². The Kier molecular flexibility index (Phi) is 3.98. The molecule has 1 rings (SSSR count). The Labute approximate surface area is 96.4 Å². The maximum absolute atomic E-state index is 13.7. The third kappa shape index (κ3) is 2.88. The van der Waals surface area contributed by atoms with E-state index in [4.69, 9.17) is 10.5 Å². The molecule has 2 nitrogen and oxygen atoms in total. The van der Waals surface area contributed by atoms with Crippen LogP contribution in [0.2, 0.25) is 0 Å². The maximum atomic E-state index is 13.7. The molecule has 0 amide bonds. The summed E-state index contributed by atoms with van der Waals surface area (Å²) in [5.41, 5.74) is 1.61. The van der Waals surface area contributed by atoms with Crippen LogP contribution in [0.1, 0.15) is 5.56 Å². The lowest BCUT2D eigenvalue weighted by Crippen LogP contribution is -2.49. The molecule has 96 valence electrons. The summed E-state index contributed by atoms with van der Waals surface area (Å²) in [7, 11) is 1.31. The summed E-state index contributed by atoms with van der Waals surface area (Å²) in [5, 5.41) is 0. The van der Waals surface area contributed by atoms with Crippen molar-refractivity contribution in [2.24, 2.45) is 5.73 Å². The van der Waals surface area contributed by atoms with Gasteiger partial charge in [-0.1, -0.05) is 18.2 Å². The molecule has 0 aliphatic heterocycles. The van der Waals surface area contributed by atoms with Crippen molar-refractivity contribution in [2.45, 2.75) is 18.3 Å². The maximum Gasteiger partial charge on any atom is 0.424 e. The summed E-state index contributed by atoms with van der Waals surface area (Å²) in [6, 6.07) is 5.97. The van der Waals surface area contributed by atoms with Gasteiger partial charge in [0.05, 0.1) is 7.11 Å². The van der Waals surface area contributed by atoms with E-state index in [2.05, 4.69) is 0 Å². The predicted molar refractivity (Wildman–Crippen MR) is 55.6 cm³/mol. The smallest absolute Gasteiger partial charge is 0.424 e. The molecular weight excluding hydrogens is 238 g/mol. The molecule has 0 aromatic heterocycles. The van der Waals surface area contributed by atoms with Gasteiger partial charge in [-0.25, -0.2) is 4.39 Å². The highest BCUT2D eigenvalue weighted by atomic mass is 19.4. The zero-order valence-electron chi connectivity index (χ0n) is 9.22. The first-order chi connectivity index (χ1) is 7.84. The third-order valence-electron chi connectivity index (χ3n) is 2.49. The Morgan fingerprint density at radius 3 is 2.24 bits per heavy atom. The van der Waals surface area contributed by atoms with E-state index in [1.807, 2.05) is 0 Å². The summed E-state index contributed by atoms with van der Waals surface area (Å²) in [6.45, 7) is -1.12. The van der Waals surface area contributed by atoms with E-state index in [9.17, 15) is 17.6 Å². The number of nitrogens with two attached hydrogens (primary N) is 1. The van der Waals surface area contributed by atoms with Gasteiger partial charge in [0.15, 0.2) is 0 Å². The third-order valence-corrected chi connectivity index (χ3v) is 2.49. The van der Waals surface area contributed by atoms with Crippen LogP contribution in [0.5, 0.6) is 5.75 Å². The SMILES string of the molecule is COc1ccccc1CC(F)(CN)C(F)(F)F. The fourth-order valence-electron chi connectivity index (χ4n) is 1.44. The largest absolute Gasteiger partial charge is 0.496 e. The molecule has 0 saturated heterocycles. The van der Waals surface area contributed by atoms with Crippen LogP contribution in [-0.4, -0.2) is 25.5 Å². The second-order valence-electron chi connectivity index (χ2n) is 3.66. The molecule has 0 radical (unpaired) electrons. The van der Waals surface area contributed by atoms with Crippen LogP contribution < -0.4 is 10.5 Å². The lowest BCUT2D eigenvalue weighted by atomic mass is 9.95. The summed E-state index contributed by atoms with van der Waals surface area (Å²) >= 11 is 0. The van der Waals surface area contributed by atoms with Gasteiger partial charge in [-0.05, 0) is 11.6 Å². The van der Waals surface area contributed by atoms with Gasteiger partial charge in [0.2, 0.25) is 5.67 Å². The van der Waals surface area contributed by atoms with Gasteiger partial charge in [0.1, 0.15) is 5.75 Å². The van der Waals surface area contributed by atoms with Gasteiger partial charge < -0.3 is 10.5 Å². The van der Waals surface area contributed by atoms with E-state index < -0.39 is 24.8 Å². The highest BCUT2D eigenvalue weighted by molar-refractivity contribution is 5.34. The number of rotatable bonds is 4. The fourth-order valence-corrected chi connectivity index (χ4v) is 1.44. The van der Waals surface area contributed by atoms with Gasteiger partial charge in [0, 0.05) is 13.0 Å². The summed E-state index contributed by atoms with van der Waals surface area (Å²) < 4.78 is 56.2. The number of hydrogen-bond acceptors (Lipinski definition) is 2. The monoisotopic (exact) mass is 251 g/mol. The van der Waals surface area contributed by atoms with Crippen molar-refractivity contribution < 1.29 is 22.3 Å². The highest BCUT2D eigenvalue weighted by Gasteiger charge is 2.55. The van der Waals surface area contributed by atoms with Crippen molar-refractivity contribution in [2.75, 3.05) is 13.7 Å². The average Bonchev–Trinajstić information content (AvgIpc) is 2.28. The molecule has 0 fully saturated rings. The van der Waals surface area contributed by atoms with Crippen LogP contribution in [0.3, 0.4) is 0 Å². The van der Waals surface area contributed by atoms with Crippen LogP contribution >= 0.6 is 0 Å². The number of para-hydroxylation sites is 1. The van der Waals surface area contributed by atoms with Crippen molar-refractivity contribution in [3.05, 3.63) is 29.8 Å². The minimum atomic E-state index is -5.00. The van der Waals surface area contributed by atoms with Gasteiger partial charge in [0.25, 0.3) is 0 Å². The first-order valence-electron chi connectivity index (χ1n) is 4.91. The molecule has 1 aromatic carbocycles. The van der Waals surface area contributed by atoms with E-state index in [-0.39, 0.29) is 11.3 Å². The summed E-state index contributed by atoms with van der Waals surface area (Å²) in [5.74, 6) is 0.215. The van der Waals surface area contributed by atoms with Crippen LogP contribution in [-0.2, 0) is 6.42 Å². The fraction of sp³-hybridized carbons (Fsp3) is 0.455. The van der Waals surface area contributed by atoms with E-state index in [1.165, 1.54) is 25.3 Å². The summed E-state index contributed by atoms with van der Waals surface area (Å²) in [4.78, 5) is 0. The molecule has 0 aliphatic carbocycles. The van der Waals surface area contributed by atoms with Gasteiger partial charge >= 0.3 is 6.18 Å². The molecule has 1 aromatic rings. The van der Waals surface area contributed by atoms with Crippen molar-refractivity contribution in [3.63, 3.8) is 0 Å². The number of ether oxygens (including phenoxy) is 1. The van der Waals surface area contributed by atoms with E-state index in [0.29, 0.717) is 0 Å². The quantitative estimate of drug-likeness (QED) is 0.834. The molecule has 0 bridgehead atoms. The van der Waals surface area contributed by atoms with Gasteiger partial charge in [-0.2, -0.15) is 13.2 Å². The Morgan fingerprint density at radius 2 is 1.76 bits per heavy atom. The van der Waals surface area contributed by atoms with Crippen molar-refractivity contribution in [1.82, 2.24) is 0 Å². The summed E-state index contributed by atoms with van der Waals surface area (Å²) in [6.07, 6.45) is -5.85. The molecular formula is C11H13F4NO. The highest BCUT2D eigenvalue weighted by Crippen LogP contribution is 2.37. The molecule has 1 atom stereocenters. The van der Waals surface area contributed by atoms with E-state index in [0.717, 1.165) is 0 Å². The molecule has 0 heterocycles. The molecule has 0 spiro atoms. The van der Waals surface area contributed by atoms with E-state index in [1.54, 1.807) is 6.07 Å². The molecule has 6 heteroatoms. The Hall–Kier alpha value is -1.30. The number of benzene rings is 1. The Bertz CT molecular complexity index is 380. The molecule has 0 saturated carbocycles. The first-order valence-corrected chi connectivity index (χ1v) is 4.91. The predicted octanol–water partition coefficient (Wildman–Crippen LogP) is 2.47. The van der Waals surface area contributed by atoms with Crippen molar-refractivity contribution in [1.29, 1.82) is 0 Å². The lowest BCUT2D eigenvalue weighted by molar-refractivity contribution is -0.226. The minimum Gasteiger partial charge on any atom is -0.496 e. The lowest BCUT2D eigenvalue weighted by Gasteiger charge is -2.27. The molecule has 2 N–H and O–H groups in total. The van der Waals surface area contributed by atoms with Gasteiger partial charge in [-0.3, -0.25) is 0 Å². The number of halogens is 4. The zero-order valence-corrected chi connectivity index (χ0v) is 9.22. The van der Waals surface area contributed by atoms with Crippen LogP contribution in [0.15, 0.2) is 24.3 Å². The number of alkyl halides is 4. The van der Waals surface area contributed by atoms with Crippen LogP contribution in [0.25, 0.3) is 0 Å².